The molecule has 4 N–H and O–H groups in total. The summed E-state index contributed by atoms with van der Waals surface area (Å²) in [5, 5.41) is 0. The monoisotopic (exact) mass is 190 g/mol. The summed E-state index contributed by atoms with van der Waals surface area (Å²) in [6, 6.07) is 0. The molecule has 0 aromatic rings. The van der Waals surface area contributed by atoms with Crippen molar-refractivity contribution in [3.8, 4) is 0 Å². The van der Waals surface area contributed by atoms with Crippen molar-refractivity contribution in [2.45, 2.75) is 0 Å². The molecule has 0 atom stereocenters. The van der Waals surface area contributed by atoms with Crippen LogP contribution in [0.15, 0.2) is 0 Å². The summed E-state index contributed by atoms with van der Waals surface area (Å²) >= 11 is 0. The molecule has 0 saturated heterocycles. The molecule has 0 rings (SSSR count). The van der Waals surface area contributed by atoms with Crippen LogP contribution in [-0.2, 0) is 0 Å². The molecule has 0 aromatic heterocycles. The third-order valence-corrected chi connectivity index (χ3v) is 0. The van der Waals surface area contributed by atoms with Gasteiger partial charge in [-0.05, 0) is 0 Å². The predicted octanol–water partition coefficient (Wildman–Crippen LogP) is -5.09. The third-order valence-electron chi connectivity index (χ3n) is 0. The summed E-state index contributed by atoms with van der Waals surface area (Å²) in [5.41, 5.74) is 0. The summed E-state index contributed by atoms with van der Waals surface area (Å²) in [6.45, 7) is 0. The standard InChI is InChI=1S/Al.K.Na.H4O4Si.5H/c;;;1-5(2,3)4;;;;;/h;;;1-4H;;;;;. The van der Waals surface area contributed by atoms with Crippen molar-refractivity contribution >= 4 is 107 Å². The van der Waals surface area contributed by atoms with Gasteiger partial charge in [0.1, 0.15) is 0 Å². The van der Waals surface area contributed by atoms with Crippen molar-refractivity contribution in [1.29, 1.82) is 0 Å². The van der Waals surface area contributed by atoms with Crippen molar-refractivity contribution in [1.82, 2.24) is 0 Å². The Labute approximate surface area is 124 Å². The fraction of sp³-hybridized carbons (Fsp3) is 0. The second-order valence-electron chi connectivity index (χ2n) is 0.600. The average Bonchev–Trinajstić information content (AvgIpc) is 0.722. The van der Waals surface area contributed by atoms with Gasteiger partial charge in [0, 0.05) is 0 Å². The Morgan fingerprint density at radius 2 is 0.875 bits per heavy atom. The molecule has 0 saturated carbocycles. The van der Waals surface area contributed by atoms with Gasteiger partial charge in [0.05, 0.1) is 0 Å². The van der Waals surface area contributed by atoms with Crippen molar-refractivity contribution in [2.75, 3.05) is 0 Å². The maximum absolute atomic E-state index is 7.33. The first-order valence-corrected chi connectivity index (χ1v) is 2.68. The number of rotatable bonds is 0. The van der Waals surface area contributed by atoms with Crippen molar-refractivity contribution < 1.29 is 19.2 Å². The quantitative estimate of drug-likeness (QED) is 0.288. The Balaban J connectivity index is -0.0000000267. The molecular weight excluding hydrogens is 181 g/mol. The molecule has 0 heterocycles. The first kappa shape index (κ1) is 22.5. The van der Waals surface area contributed by atoms with E-state index < -0.39 is 9.05 Å². The summed E-state index contributed by atoms with van der Waals surface area (Å²) in [5.74, 6) is 0. The Morgan fingerprint density at radius 3 is 0.875 bits per heavy atom. The van der Waals surface area contributed by atoms with Crippen LogP contribution in [0, 0.1) is 0 Å². The third kappa shape index (κ3) is 60.0. The van der Waals surface area contributed by atoms with Crippen LogP contribution < -0.4 is 0 Å². The predicted molar refractivity (Wildman–Crippen MR) is 38.9 cm³/mol. The van der Waals surface area contributed by atoms with E-state index in [4.69, 9.17) is 19.2 Å². The summed E-state index contributed by atoms with van der Waals surface area (Å²) in [7, 11) is -4.61. The molecule has 4 nitrogen and oxygen atoms in total. The SMILES string of the molecule is O[Si](O)(O)O.[AlH3].[KH].[NaH]. The van der Waals surface area contributed by atoms with Gasteiger partial charge in [-0.15, -0.1) is 0 Å². The van der Waals surface area contributed by atoms with Crippen LogP contribution >= 0.6 is 0 Å². The van der Waals surface area contributed by atoms with Gasteiger partial charge in [0.2, 0.25) is 0 Å². The first-order valence-electron chi connectivity index (χ1n) is 0.894. The van der Waals surface area contributed by atoms with Gasteiger partial charge in [0.15, 0.2) is 17.4 Å². The van der Waals surface area contributed by atoms with Gasteiger partial charge in [-0.2, -0.15) is 0 Å². The zero-order valence-electron chi connectivity index (χ0n) is 2.29. The minimum atomic E-state index is -4.61. The van der Waals surface area contributed by atoms with Gasteiger partial charge in [0.25, 0.3) is 0 Å². The molecule has 0 aliphatic heterocycles. The van der Waals surface area contributed by atoms with E-state index in [9.17, 15) is 0 Å². The maximum atomic E-state index is 7.33. The Morgan fingerprint density at radius 1 is 0.875 bits per heavy atom. The van der Waals surface area contributed by atoms with Crippen LogP contribution in [0.3, 0.4) is 0 Å². The Kier molecular flexibility index (Phi) is 28.7. The van der Waals surface area contributed by atoms with Gasteiger partial charge in [-0.3, -0.25) is 0 Å². The van der Waals surface area contributed by atoms with Crippen molar-refractivity contribution in [3.63, 3.8) is 0 Å². The first-order chi connectivity index (χ1) is 2.00. The molecule has 42 valence electrons. The molecule has 0 bridgehead atoms. The molecule has 0 spiro atoms. The van der Waals surface area contributed by atoms with Crippen molar-refractivity contribution in [3.05, 3.63) is 0 Å². The van der Waals surface area contributed by atoms with E-state index >= 15 is 0 Å². The molecule has 0 aliphatic carbocycles. The van der Waals surface area contributed by atoms with Crippen LogP contribution in [0.4, 0.5) is 0 Å². The topological polar surface area (TPSA) is 80.9 Å². The van der Waals surface area contributed by atoms with E-state index in [2.05, 4.69) is 0 Å². The van der Waals surface area contributed by atoms with E-state index in [0.717, 1.165) is 0 Å². The van der Waals surface area contributed by atoms with Gasteiger partial charge in [-0.25, -0.2) is 0 Å². The average molecular weight is 190 g/mol. The summed E-state index contributed by atoms with van der Waals surface area (Å²) < 4.78 is 0. The summed E-state index contributed by atoms with van der Waals surface area (Å²) in [4.78, 5) is 29.3. The second kappa shape index (κ2) is 10.2. The Hall–Kier alpha value is 3.23. The van der Waals surface area contributed by atoms with E-state index in [0.29, 0.717) is 0 Å². The van der Waals surface area contributed by atoms with Crippen LogP contribution in [0.25, 0.3) is 0 Å². The number of hydrogen-bond donors (Lipinski definition) is 4. The van der Waals surface area contributed by atoms with Gasteiger partial charge >= 0.3 is 90.0 Å². The fourth-order valence-corrected chi connectivity index (χ4v) is 0. The van der Waals surface area contributed by atoms with E-state index in [-0.39, 0.29) is 98.3 Å². The van der Waals surface area contributed by atoms with E-state index in [1.54, 1.807) is 0 Å². The molecule has 8 heavy (non-hydrogen) atoms. The molecular formula is H9AlKNaO4Si. The van der Waals surface area contributed by atoms with Gasteiger partial charge in [-0.1, -0.05) is 0 Å². The van der Waals surface area contributed by atoms with Crippen LogP contribution in [-0.4, -0.2) is 127 Å². The van der Waals surface area contributed by atoms with E-state index in [1.807, 2.05) is 0 Å². The summed E-state index contributed by atoms with van der Waals surface area (Å²) in [6.07, 6.45) is 0. The van der Waals surface area contributed by atoms with Crippen LogP contribution in [0.2, 0.25) is 0 Å². The molecule has 0 unspecified atom stereocenters. The molecule has 0 radical (unpaired) electrons. The van der Waals surface area contributed by atoms with Gasteiger partial charge < -0.3 is 19.2 Å². The van der Waals surface area contributed by atoms with Crippen molar-refractivity contribution in [2.24, 2.45) is 0 Å². The zero-order chi connectivity index (χ0) is 4.50. The fourth-order valence-electron chi connectivity index (χ4n) is 0. The molecule has 0 amide bonds. The van der Waals surface area contributed by atoms with Crippen LogP contribution in [0.5, 0.6) is 0 Å². The molecule has 0 aromatic carbocycles. The normalized spacial score (nSPS) is 7.50. The van der Waals surface area contributed by atoms with E-state index in [1.165, 1.54) is 0 Å². The Bertz CT molecular complexity index is 31.5. The molecule has 0 fully saturated rings. The molecule has 8 heteroatoms. The minimum absolute atomic E-state index is 0. The molecule has 0 aliphatic rings. The van der Waals surface area contributed by atoms with Crippen LogP contribution in [0.1, 0.15) is 0 Å². The number of hydrogen-bond acceptors (Lipinski definition) is 4. The second-order valence-corrected chi connectivity index (χ2v) is 1.80. The zero-order valence-corrected chi connectivity index (χ0v) is 3.29.